The molecule has 0 amide bonds. The number of aryl methyl sites for hydroxylation is 2. The molecule has 0 heterocycles. The number of hydrogen-bond acceptors (Lipinski definition) is 0. The Balaban J connectivity index is 2.39. The van der Waals surface area contributed by atoms with Gasteiger partial charge in [-0.2, -0.15) is 0 Å². The van der Waals surface area contributed by atoms with Crippen molar-refractivity contribution >= 4 is 0 Å². The van der Waals surface area contributed by atoms with Gasteiger partial charge < -0.3 is 0 Å². The molecule has 1 aromatic rings. The van der Waals surface area contributed by atoms with Gasteiger partial charge in [-0.15, -0.1) is 0 Å². The zero-order valence-electron chi connectivity index (χ0n) is 10.9. The molecular weight excluding hydrogens is 192 g/mol. The van der Waals surface area contributed by atoms with Gasteiger partial charge in [0.2, 0.25) is 0 Å². The molecule has 0 heteroatoms. The molecule has 1 aliphatic carbocycles. The first-order valence-electron chi connectivity index (χ1n) is 6.27. The molecule has 1 aliphatic rings. The van der Waals surface area contributed by atoms with Crippen molar-refractivity contribution in [3.63, 3.8) is 0 Å². The maximum absolute atomic E-state index is 2.40. The van der Waals surface area contributed by atoms with E-state index in [-0.39, 0.29) is 5.41 Å². The number of allylic oxidation sites excluding steroid dienone is 2. The molecule has 0 radical (unpaired) electrons. The predicted octanol–water partition coefficient (Wildman–Crippen LogP) is 4.55. The lowest BCUT2D eigenvalue weighted by Crippen LogP contribution is -2.25. The van der Waals surface area contributed by atoms with Crippen LogP contribution in [0.4, 0.5) is 0 Å². The van der Waals surface area contributed by atoms with E-state index in [1.54, 1.807) is 0 Å². The molecular formula is C16H22. The van der Waals surface area contributed by atoms with Crippen molar-refractivity contribution in [2.24, 2.45) is 5.92 Å². The summed E-state index contributed by atoms with van der Waals surface area (Å²) in [6.45, 7) is 9.10. The summed E-state index contributed by atoms with van der Waals surface area (Å²) in [5, 5.41) is 0. The topological polar surface area (TPSA) is 0 Å². The summed E-state index contributed by atoms with van der Waals surface area (Å²) in [4.78, 5) is 0. The first-order valence-corrected chi connectivity index (χ1v) is 6.27. The van der Waals surface area contributed by atoms with Gasteiger partial charge in [-0.05, 0) is 49.3 Å². The minimum absolute atomic E-state index is 0.246. The molecule has 0 nitrogen and oxygen atoms in total. The average Bonchev–Trinajstić information content (AvgIpc) is 2.21. The van der Waals surface area contributed by atoms with Gasteiger partial charge in [0.25, 0.3) is 0 Å². The zero-order valence-corrected chi connectivity index (χ0v) is 10.9. The van der Waals surface area contributed by atoms with E-state index in [0.717, 1.165) is 5.92 Å². The molecule has 0 saturated heterocycles. The molecule has 2 rings (SSSR count). The third-order valence-electron chi connectivity index (χ3n) is 3.96. The number of benzene rings is 1. The van der Waals surface area contributed by atoms with E-state index in [1.807, 2.05) is 0 Å². The van der Waals surface area contributed by atoms with Crippen LogP contribution in [0.5, 0.6) is 0 Å². The van der Waals surface area contributed by atoms with Crippen molar-refractivity contribution in [1.82, 2.24) is 0 Å². The third-order valence-corrected chi connectivity index (χ3v) is 3.96. The van der Waals surface area contributed by atoms with E-state index in [0.29, 0.717) is 0 Å². The molecule has 2 atom stereocenters. The molecule has 1 aromatic carbocycles. The fourth-order valence-corrected chi connectivity index (χ4v) is 2.75. The Hall–Kier alpha value is -1.04. The molecule has 2 unspecified atom stereocenters. The molecule has 86 valence electrons. The van der Waals surface area contributed by atoms with Crippen LogP contribution in [0.2, 0.25) is 0 Å². The fourth-order valence-electron chi connectivity index (χ4n) is 2.75. The summed E-state index contributed by atoms with van der Waals surface area (Å²) in [6, 6.07) is 6.91. The first-order chi connectivity index (χ1) is 7.51. The molecule has 0 N–H and O–H groups in total. The quantitative estimate of drug-likeness (QED) is 0.602. The summed E-state index contributed by atoms with van der Waals surface area (Å²) >= 11 is 0. The van der Waals surface area contributed by atoms with Crippen molar-refractivity contribution in [3.05, 3.63) is 47.0 Å². The predicted molar refractivity (Wildman–Crippen MR) is 70.8 cm³/mol. The second-order valence-electron chi connectivity index (χ2n) is 5.66. The van der Waals surface area contributed by atoms with Gasteiger partial charge in [0, 0.05) is 5.41 Å². The monoisotopic (exact) mass is 214 g/mol. The molecule has 0 fully saturated rings. The van der Waals surface area contributed by atoms with Crippen molar-refractivity contribution < 1.29 is 0 Å². The molecule has 0 aliphatic heterocycles. The second kappa shape index (κ2) is 4.08. The van der Waals surface area contributed by atoms with Crippen LogP contribution < -0.4 is 0 Å². The Kier molecular flexibility index (Phi) is 2.92. The molecule has 0 spiro atoms. The Morgan fingerprint density at radius 1 is 1.19 bits per heavy atom. The second-order valence-corrected chi connectivity index (χ2v) is 5.66. The minimum Gasteiger partial charge on any atom is -0.0874 e. The smallest absolute Gasteiger partial charge is 0.0106 e. The highest BCUT2D eigenvalue weighted by atomic mass is 14.3. The van der Waals surface area contributed by atoms with Crippen LogP contribution in [-0.2, 0) is 5.41 Å². The van der Waals surface area contributed by atoms with Gasteiger partial charge in [0.1, 0.15) is 0 Å². The summed E-state index contributed by atoms with van der Waals surface area (Å²) < 4.78 is 0. The van der Waals surface area contributed by atoms with Crippen LogP contribution in [0.25, 0.3) is 0 Å². The lowest BCUT2D eigenvalue weighted by Gasteiger charge is -2.33. The highest BCUT2D eigenvalue weighted by molar-refractivity contribution is 5.37. The number of hydrogen-bond donors (Lipinski definition) is 0. The third kappa shape index (κ3) is 2.07. The molecule has 0 saturated carbocycles. The largest absolute Gasteiger partial charge is 0.0874 e. The van der Waals surface area contributed by atoms with Gasteiger partial charge in [0.05, 0.1) is 0 Å². The van der Waals surface area contributed by atoms with E-state index in [2.05, 4.69) is 58.0 Å². The van der Waals surface area contributed by atoms with E-state index < -0.39 is 0 Å². The Morgan fingerprint density at radius 2 is 1.94 bits per heavy atom. The van der Waals surface area contributed by atoms with Crippen molar-refractivity contribution in [1.29, 1.82) is 0 Å². The maximum Gasteiger partial charge on any atom is 0.0106 e. The van der Waals surface area contributed by atoms with Crippen LogP contribution in [0.1, 0.15) is 43.4 Å². The fraction of sp³-hybridized carbons (Fsp3) is 0.500. The van der Waals surface area contributed by atoms with Crippen LogP contribution in [0, 0.1) is 19.8 Å². The van der Waals surface area contributed by atoms with E-state index in [9.17, 15) is 0 Å². The van der Waals surface area contributed by atoms with Gasteiger partial charge in [-0.1, -0.05) is 44.2 Å². The SMILES string of the molecule is Cc1ccc(C2(C)C=CCC(C)C2)cc1C. The Morgan fingerprint density at radius 3 is 2.56 bits per heavy atom. The Labute approximate surface area is 99.4 Å². The Bertz CT molecular complexity index is 414. The van der Waals surface area contributed by atoms with Crippen molar-refractivity contribution in [2.75, 3.05) is 0 Å². The highest BCUT2D eigenvalue weighted by Gasteiger charge is 2.28. The van der Waals surface area contributed by atoms with Crippen LogP contribution in [-0.4, -0.2) is 0 Å². The standard InChI is InChI=1S/C16H22/c1-12-6-5-9-16(4,11-12)15-8-7-13(2)14(3)10-15/h5,7-10,12H,6,11H2,1-4H3. The first kappa shape index (κ1) is 11.4. The molecule has 0 aromatic heterocycles. The van der Waals surface area contributed by atoms with Crippen LogP contribution in [0.15, 0.2) is 30.4 Å². The van der Waals surface area contributed by atoms with E-state index in [1.165, 1.54) is 29.5 Å². The summed E-state index contributed by atoms with van der Waals surface area (Å²) in [6.07, 6.45) is 7.26. The van der Waals surface area contributed by atoms with E-state index in [4.69, 9.17) is 0 Å². The lowest BCUT2D eigenvalue weighted by atomic mass is 9.71. The zero-order chi connectivity index (χ0) is 11.8. The molecule has 0 bridgehead atoms. The van der Waals surface area contributed by atoms with Crippen LogP contribution >= 0.6 is 0 Å². The van der Waals surface area contributed by atoms with Crippen LogP contribution in [0.3, 0.4) is 0 Å². The number of rotatable bonds is 1. The molecule has 16 heavy (non-hydrogen) atoms. The van der Waals surface area contributed by atoms with Gasteiger partial charge in [-0.3, -0.25) is 0 Å². The summed E-state index contributed by atoms with van der Waals surface area (Å²) in [5.41, 5.74) is 4.51. The highest BCUT2D eigenvalue weighted by Crippen LogP contribution is 2.37. The minimum atomic E-state index is 0.246. The lowest BCUT2D eigenvalue weighted by molar-refractivity contribution is 0.396. The van der Waals surface area contributed by atoms with Gasteiger partial charge in [0.15, 0.2) is 0 Å². The van der Waals surface area contributed by atoms with E-state index >= 15 is 0 Å². The normalized spacial score (nSPS) is 29.4. The van der Waals surface area contributed by atoms with Crippen molar-refractivity contribution in [2.45, 2.75) is 46.0 Å². The summed E-state index contributed by atoms with van der Waals surface area (Å²) in [5.74, 6) is 0.802. The van der Waals surface area contributed by atoms with Gasteiger partial charge >= 0.3 is 0 Å². The average molecular weight is 214 g/mol. The summed E-state index contributed by atoms with van der Waals surface area (Å²) in [7, 11) is 0. The van der Waals surface area contributed by atoms with Gasteiger partial charge in [-0.25, -0.2) is 0 Å². The maximum atomic E-state index is 2.40. The van der Waals surface area contributed by atoms with Crippen molar-refractivity contribution in [3.8, 4) is 0 Å².